The molecule has 0 aliphatic carbocycles. The van der Waals surface area contributed by atoms with Crippen LogP contribution in [-0.2, 0) is 0 Å². The van der Waals surface area contributed by atoms with Crippen molar-refractivity contribution in [3.63, 3.8) is 0 Å². The lowest BCUT2D eigenvalue weighted by Crippen LogP contribution is -2.42. The van der Waals surface area contributed by atoms with Crippen LogP contribution in [0.2, 0.25) is 0 Å². The first-order valence-electron chi connectivity index (χ1n) is 6.56. The average molecular weight is 303 g/mol. The topological polar surface area (TPSA) is 49.8 Å². The molecule has 1 aliphatic heterocycles. The number of alkyl halides is 3. The summed E-state index contributed by atoms with van der Waals surface area (Å²) in [6.45, 7) is 0.178. The molecule has 2 rings (SSSR count). The zero-order valence-electron chi connectivity index (χ0n) is 11.5. The van der Waals surface area contributed by atoms with Crippen LogP contribution in [0.25, 0.3) is 0 Å². The molecule has 0 amide bonds. The highest BCUT2D eigenvalue weighted by Gasteiger charge is 2.42. The molecule has 0 aromatic heterocycles. The van der Waals surface area contributed by atoms with E-state index in [-0.39, 0.29) is 24.2 Å². The number of hydrogen-bond acceptors (Lipinski definition) is 3. The number of hydrogen-bond donors (Lipinski definition) is 1. The van der Waals surface area contributed by atoms with Gasteiger partial charge in [-0.15, -0.1) is 0 Å². The summed E-state index contributed by atoms with van der Waals surface area (Å²) in [5, 5.41) is 9.20. The Morgan fingerprint density at radius 2 is 2.14 bits per heavy atom. The van der Waals surface area contributed by atoms with Gasteiger partial charge in [-0.25, -0.2) is 4.79 Å². The maximum Gasteiger partial charge on any atom is 0.393 e. The van der Waals surface area contributed by atoms with Gasteiger partial charge >= 0.3 is 12.1 Å². The molecule has 0 bridgehead atoms. The van der Waals surface area contributed by atoms with Gasteiger partial charge in [-0.05, 0) is 25.0 Å². The zero-order valence-corrected chi connectivity index (χ0v) is 11.5. The molecule has 0 spiro atoms. The van der Waals surface area contributed by atoms with Gasteiger partial charge in [-0.2, -0.15) is 13.2 Å². The summed E-state index contributed by atoms with van der Waals surface area (Å²) in [5.74, 6) is -2.18. The van der Waals surface area contributed by atoms with Crippen LogP contribution in [-0.4, -0.2) is 37.5 Å². The number of carboxylic acids is 1. The molecule has 4 nitrogen and oxygen atoms in total. The van der Waals surface area contributed by atoms with E-state index in [1.54, 1.807) is 0 Å². The van der Waals surface area contributed by atoms with E-state index in [4.69, 9.17) is 4.74 Å². The number of benzene rings is 1. The van der Waals surface area contributed by atoms with E-state index in [1.165, 1.54) is 30.2 Å². The lowest BCUT2D eigenvalue weighted by Gasteiger charge is -2.36. The fourth-order valence-electron chi connectivity index (χ4n) is 2.54. The SMILES string of the molecule is COc1ccc(C(=O)O)c(N2CCCC(C(F)(F)F)C2)c1. The van der Waals surface area contributed by atoms with Gasteiger partial charge in [0, 0.05) is 19.2 Å². The molecule has 1 N–H and O–H groups in total. The Bertz CT molecular complexity index is 531. The third-order valence-corrected chi connectivity index (χ3v) is 3.66. The van der Waals surface area contributed by atoms with Gasteiger partial charge in [0.25, 0.3) is 0 Å². The molecule has 21 heavy (non-hydrogen) atoms. The van der Waals surface area contributed by atoms with Crippen LogP contribution in [0.5, 0.6) is 5.75 Å². The van der Waals surface area contributed by atoms with Crippen molar-refractivity contribution < 1.29 is 27.8 Å². The second-order valence-electron chi connectivity index (χ2n) is 5.02. The summed E-state index contributed by atoms with van der Waals surface area (Å²) in [7, 11) is 1.42. The van der Waals surface area contributed by atoms with Crippen molar-refractivity contribution in [3.05, 3.63) is 23.8 Å². The fraction of sp³-hybridized carbons (Fsp3) is 0.500. The summed E-state index contributed by atoms with van der Waals surface area (Å²) < 4.78 is 43.6. The number of nitrogens with zero attached hydrogens (tertiary/aromatic N) is 1. The van der Waals surface area contributed by atoms with Crippen LogP contribution < -0.4 is 9.64 Å². The Labute approximate surface area is 120 Å². The standard InChI is InChI=1S/C14H16F3NO3/c1-21-10-4-5-11(13(19)20)12(7-10)18-6-2-3-9(8-18)14(15,16)17/h4-5,7,9H,2-3,6,8H2,1H3,(H,19,20). The van der Waals surface area contributed by atoms with Gasteiger partial charge in [-0.3, -0.25) is 0 Å². The third kappa shape index (κ3) is 3.40. The molecular formula is C14H16F3NO3. The van der Waals surface area contributed by atoms with Crippen LogP contribution in [0, 0.1) is 5.92 Å². The molecule has 7 heteroatoms. The summed E-state index contributed by atoms with van der Waals surface area (Å²) in [6.07, 6.45) is -3.81. The minimum absolute atomic E-state index is 0.0152. The Balaban J connectivity index is 2.33. The zero-order chi connectivity index (χ0) is 15.6. The largest absolute Gasteiger partial charge is 0.497 e. The third-order valence-electron chi connectivity index (χ3n) is 3.66. The quantitative estimate of drug-likeness (QED) is 0.932. The average Bonchev–Trinajstić information content (AvgIpc) is 2.45. The molecule has 1 atom stereocenters. The summed E-state index contributed by atoms with van der Waals surface area (Å²) >= 11 is 0. The van der Waals surface area contributed by atoms with Crippen molar-refractivity contribution >= 4 is 11.7 Å². The molecule has 1 unspecified atom stereocenters. The van der Waals surface area contributed by atoms with Gasteiger partial charge in [0.2, 0.25) is 0 Å². The van der Waals surface area contributed by atoms with Gasteiger partial charge in [0.1, 0.15) is 5.75 Å². The van der Waals surface area contributed by atoms with Crippen molar-refractivity contribution in [3.8, 4) is 5.75 Å². The molecule has 116 valence electrons. The van der Waals surface area contributed by atoms with Crippen LogP contribution >= 0.6 is 0 Å². The number of carboxylic acid groups (broad SMARTS) is 1. The highest BCUT2D eigenvalue weighted by molar-refractivity contribution is 5.94. The number of ether oxygens (including phenoxy) is 1. The smallest absolute Gasteiger partial charge is 0.393 e. The first-order valence-corrected chi connectivity index (χ1v) is 6.56. The second-order valence-corrected chi connectivity index (χ2v) is 5.02. The normalized spacial score (nSPS) is 19.4. The number of piperidine rings is 1. The molecule has 1 aromatic carbocycles. The lowest BCUT2D eigenvalue weighted by atomic mass is 9.96. The minimum Gasteiger partial charge on any atom is -0.497 e. The van der Waals surface area contributed by atoms with Crippen molar-refractivity contribution in [1.29, 1.82) is 0 Å². The van der Waals surface area contributed by atoms with Crippen molar-refractivity contribution in [2.45, 2.75) is 19.0 Å². The van der Waals surface area contributed by atoms with Crippen molar-refractivity contribution in [2.75, 3.05) is 25.1 Å². The Morgan fingerprint density at radius 3 is 2.71 bits per heavy atom. The van der Waals surface area contributed by atoms with E-state index in [0.29, 0.717) is 18.7 Å². The predicted molar refractivity (Wildman–Crippen MR) is 70.9 cm³/mol. The molecule has 0 saturated carbocycles. The van der Waals surface area contributed by atoms with Crippen LogP contribution in [0.1, 0.15) is 23.2 Å². The van der Waals surface area contributed by atoms with Crippen molar-refractivity contribution in [2.24, 2.45) is 5.92 Å². The summed E-state index contributed by atoms with van der Waals surface area (Å²) in [4.78, 5) is 12.7. The Kier molecular flexibility index (Phi) is 4.29. The molecule has 1 saturated heterocycles. The molecule has 1 aromatic rings. The molecule has 1 fully saturated rings. The summed E-state index contributed by atoms with van der Waals surface area (Å²) in [6, 6.07) is 4.31. The number of halogens is 3. The number of anilines is 1. The first-order chi connectivity index (χ1) is 9.82. The van der Waals surface area contributed by atoms with Crippen LogP contribution in [0.4, 0.5) is 18.9 Å². The van der Waals surface area contributed by atoms with Gasteiger partial charge in [0.15, 0.2) is 0 Å². The van der Waals surface area contributed by atoms with E-state index in [1.807, 2.05) is 0 Å². The number of methoxy groups -OCH3 is 1. The minimum atomic E-state index is -4.26. The summed E-state index contributed by atoms with van der Waals surface area (Å²) in [5.41, 5.74) is 0.259. The number of carbonyl (C=O) groups is 1. The van der Waals surface area contributed by atoms with Crippen LogP contribution in [0.15, 0.2) is 18.2 Å². The highest BCUT2D eigenvalue weighted by Crippen LogP contribution is 2.36. The number of aromatic carboxylic acids is 1. The monoisotopic (exact) mass is 303 g/mol. The van der Waals surface area contributed by atoms with Crippen LogP contribution in [0.3, 0.4) is 0 Å². The number of rotatable bonds is 3. The van der Waals surface area contributed by atoms with E-state index in [9.17, 15) is 23.1 Å². The van der Waals surface area contributed by atoms with E-state index < -0.39 is 18.1 Å². The van der Waals surface area contributed by atoms with E-state index >= 15 is 0 Å². The Morgan fingerprint density at radius 1 is 1.43 bits per heavy atom. The highest BCUT2D eigenvalue weighted by atomic mass is 19.4. The Hall–Kier alpha value is -1.92. The predicted octanol–water partition coefficient (Wildman–Crippen LogP) is 3.17. The second kappa shape index (κ2) is 5.83. The maximum absolute atomic E-state index is 12.9. The first kappa shape index (κ1) is 15.5. The van der Waals surface area contributed by atoms with E-state index in [2.05, 4.69) is 0 Å². The molecular weight excluding hydrogens is 287 g/mol. The van der Waals surface area contributed by atoms with Gasteiger partial charge < -0.3 is 14.7 Å². The fourth-order valence-corrected chi connectivity index (χ4v) is 2.54. The van der Waals surface area contributed by atoms with Gasteiger partial charge in [-0.1, -0.05) is 0 Å². The van der Waals surface area contributed by atoms with Gasteiger partial charge in [0.05, 0.1) is 24.3 Å². The maximum atomic E-state index is 12.9. The molecule has 1 heterocycles. The van der Waals surface area contributed by atoms with Crippen molar-refractivity contribution in [1.82, 2.24) is 0 Å². The molecule has 0 radical (unpaired) electrons. The molecule has 1 aliphatic rings. The van der Waals surface area contributed by atoms with E-state index in [0.717, 1.165) is 0 Å². The lowest BCUT2D eigenvalue weighted by molar-refractivity contribution is -0.175.